The number of hydrogen-bond donors (Lipinski definition) is 1. The quantitative estimate of drug-likeness (QED) is 0.785. The SMILES string of the molecule is CCC(CC)(CC)NCc1noc(C)n1. The summed E-state index contributed by atoms with van der Waals surface area (Å²) in [6.45, 7) is 9.13. The maximum Gasteiger partial charge on any atom is 0.223 e. The summed E-state index contributed by atoms with van der Waals surface area (Å²) in [7, 11) is 0. The summed E-state index contributed by atoms with van der Waals surface area (Å²) >= 11 is 0. The zero-order valence-corrected chi connectivity index (χ0v) is 10.1. The molecular formula is C11H21N3O. The van der Waals surface area contributed by atoms with Crippen LogP contribution in [0, 0.1) is 6.92 Å². The number of nitrogens with one attached hydrogen (secondary N) is 1. The van der Waals surface area contributed by atoms with E-state index in [1.54, 1.807) is 0 Å². The highest BCUT2D eigenvalue weighted by Crippen LogP contribution is 2.19. The highest BCUT2D eigenvalue weighted by molar-refractivity contribution is 4.89. The normalized spacial score (nSPS) is 12.0. The van der Waals surface area contributed by atoms with E-state index in [0.29, 0.717) is 12.4 Å². The van der Waals surface area contributed by atoms with Crippen LogP contribution in [-0.2, 0) is 6.54 Å². The summed E-state index contributed by atoms with van der Waals surface area (Å²) in [5.74, 6) is 1.37. The number of hydrogen-bond acceptors (Lipinski definition) is 4. The molecule has 1 N–H and O–H groups in total. The molecule has 1 heterocycles. The fourth-order valence-corrected chi connectivity index (χ4v) is 1.80. The van der Waals surface area contributed by atoms with Gasteiger partial charge in [0, 0.05) is 12.5 Å². The van der Waals surface area contributed by atoms with Crippen LogP contribution in [0.1, 0.15) is 51.7 Å². The molecule has 0 aromatic carbocycles. The first-order valence-corrected chi connectivity index (χ1v) is 5.70. The van der Waals surface area contributed by atoms with E-state index in [0.717, 1.165) is 25.1 Å². The molecule has 1 aromatic heterocycles. The van der Waals surface area contributed by atoms with Crippen molar-refractivity contribution in [2.45, 2.75) is 59.0 Å². The number of aromatic nitrogens is 2. The number of nitrogens with zero attached hydrogens (tertiary/aromatic N) is 2. The van der Waals surface area contributed by atoms with Gasteiger partial charge >= 0.3 is 0 Å². The van der Waals surface area contributed by atoms with Gasteiger partial charge in [0.05, 0.1) is 6.54 Å². The van der Waals surface area contributed by atoms with Gasteiger partial charge in [0.1, 0.15) is 0 Å². The standard InChI is InChI=1S/C11H21N3O/c1-5-11(6-2,7-3)12-8-10-13-9(4)15-14-10/h12H,5-8H2,1-4H3. The van der Waals surface area contributed by atoms with Gasteiger partial charge in [0.2, 0.25) is 5.89 Å². The molecule has 1 aromatic rings. The van der Waals surface area contributed by atoms with Gasteiger partial charge in [-0.15, -0.1) is 0 Å². The molecule has 15 heavy (non-hydrogen) atoms. The van der Waals surface area contributed by atoms with E-state index in [4.69, 9.17) is 4.52 Å². The van der Waals surface area contributed by atoms with Crippen LogP contribution in [-0.4, -0.2) is 15.7 Å². The second-order valence-corrected chi connectivity index (χ2v) is 3.92. The predicted octanol–water partition coefficient (Wildman–Crippen LogP) is 2.44. The molecule has 4 heteroatoms. The molecule has 0 amide bonds. The van der Waals surface area contributed by atoms with Crippen LogP contribution in [0.2, 0.25) is 0 Å². The van der Waals surface area contributed by atoms with Gasteiger partial charge in [-0.1, -0.05) is 25.9 Å². The van der Waals surface area contributed by atoms with Crippen LogP contribution in [0.4, 0.5) is 0 Å². The first kappa shape index (κ1) is 12.2. The molecule has 0 spiro atoms. The first-order valence-electron chi connectivity index (χ1n) is 5.70. The molecule has 0 atom stereocenters. The molecule has 0 aliphatic rings. The molecule has 0 radical (unpaired) electrons. The van der Waals surface area contributed by atoms with Crippen molar-refractivity contribution in [3.8, 4) is 0 Å². The summed E-state index contributed by atoms with van der Waals surface area (Å²) in [6, 6.07) is 0. The third kappa shape index (κ3) is 3.02. The van der Waals surface area contributed by atoms with Crippen molar-refractivity contribution < 1.29 is 4.52 Å². The summed E-state index contributed by atoms with van der Waals surface area (Å²) in [4.78, 5) is 4.18. The smallest absolute Gasteiger partial charge is 0.223 e. The fourth-order valence-electron chi connectivity index (χ4n) is 1.80. The van der Waals surface area contributed by atoms with Crippen molar-refractivity contribution in [2.24, 2.45) is 0 Å². The largest absolute Gasteiger partial charge is 0.340 e. The maximum absolute atomic E-state index is 4.93. The van der Waals surface area contributed by atoms with Crippen LogP contribution >= 0.6 is 0 Å². The van der Waals surface area contributed by atoms with Crippen LogP contribution in [0.25, 0.3) is 0 Å². The van der Waals surface area contributed by atoms with Gasteiger partial charge in [-0.3, -0.25) is 0 Å². The second kappa shape index (κ2) is 5.26. The summed E-state index contributed by atoms with van der Waals surface area (Å²) in [5, 5.41) is 7.40. The van der Waals surface area contributed by atoms with Crippen LogP contribution in [0.3, 0.4) is 0 Å². The molecule has 0 unspecified atom stereocenters. The van der Waals surface area contributed by atoms with E-state index in [1.807, 2.05) is 6.92 Å². The lowest BCUT2D eigenvalue weighted by molar-refractivity contribution is 0.282. The van der Waals surface area contributed by atoms with E-state index in [1.165, 1.54) is 0 Å². The van der Waals surface area contributed by atoms with Crippen molar-refractivity contribution in [2.75, 3.05) is 0 Å². The Kier molecular flexibility index (Phi) is 4.27. The second-order valence-electron chi connectivity index (χ2n) is 3.92. The average molecular weight is 211 g/mol. The van der Waals surface area contributed by atoms with Crippen molar-refractivity contribution in [3.63, 3.8) is 0 Å². The van der Waals surface area contributed by atoms with Gasteiger partial charge in [-0.25, -0.2) is 0 Å². The molecule has 86 valence electrons. The number of rotatable bonds is 6. The lowest BCUT2D eigenvalue weighted by Crippen LogP contribution is -2.43. The van der Waals surface area contributed by atoms with Gasteiger partial charge in [-0.05, 0) is 19.3 Å². The minimum absolute atomic E-state index is 0.217. The molecule has 1 rings (SSSR count). The van der Waals surface area contributed by atoms with Crippen LogP contribution in [0.15, 0.2) is 4.52 Å². The van der Waals surface area contributed by atoms with Gasteiger partial charge in [-0.2, -0.15) is 4.98 Å². The molecule has 0 aliphatic heterocycles. The van der Waals surface area contributed by atoms with Crippen molar-refractivity contribution in [3.05, 3.63) is 11.7 Å². The van der Waals surface area contributed by atoms with E-state index >= 15 is 0 Å². The Morgan fingerprint density at radius 3 is 2.20 bits per heavy atom. The first-order chi connectivity index (χ1) is 7.15. The molecule has 4 nitrogen and oxygen atoms in total. The predicted molar refractivity (Wildman–Crippen MR) is 59.5 cm³/mol. The Morgan fingerprint density at radius 1 is 1.20 bits per heavy atom. The maximum atomic E-state index is 4.93. The Labute approximate surface area is 91.5 Å². The van der Waals surface area contributed by atoms with Crippen molar-refractivity contribution in [1.29, 1.82) is 0 Å². The minimum Gasteiger partial charge on any atom is -0.340 e. The molecule has 0 aliphatic carbocycles. The highest BCUT2D eigenvalue weighted by atomic mass is 16.5. The molecular weight excluding hydrogens is 190 g/mol. The molecule has 0 saturated carbocycles. The van der Waals surface area contributed by atoms with Crippen LogP contribution in [0.5, 0.6) is 0 Å². The fraction of sp³-hybridized carbons (Fsp3) is 0.818. The van der Waals surface area contributed by atoms with E-state index < -0.39 is 0 Å². The Bertz CT molecular complexity index is 284. The van der Waals surface area contributed by atoms with Gasteiger partial charge in [0.25, 0.3) is 0 Å². The van der Waals surface area contributed by atoms with Crippen molar-refractivity contribution >= 4 is 0 Å². The minimum atomic E-state index is 0.217. The summed E-state index contributed by atoms with van der Waals surface area (Å²) in [6.07, 6.45) is 3.37. The van der Waals surface area contributed by atoms with Crippen molar-refractivity contribution in [1.82, 2.24) is 15.5 Å². The van der Waals surface area contributed by atoms with Gasteiger partial charge < -0.3 is 9.84 Å². The monoisotopic (exact) mass is 211 g/mol. The summed E-state index contributed by atoms with van der Waals surface area (Å²) in [5.41, 5.74) is 0.217. The third-order valence-electron chi connectivity index (χ3n) is 3.22. The summed E-state index contributed by atoms with van der Waals surface area (Å²) < 4.78 is 4.93. The van der Waals surface area contributed by atoms with E-state index in [-0.39, 0.29) is 5.54 Å². The van der Waals surface area contributed by atoms with E-state index in [2.05, 4.69) is 36.2 Å². The van der Waals surface area contributed by atoms with Gasteiger partial charge in [0.15, 0.2) is 5.82 Å². The molecule has 0 fully saturated rings. The lowest BCUT2D eigenvalue weighted by atomic mass is 9.90. The van der Waals surface area contributed by atoms with E-state index in [9.17, 15) is 0 Å². The molecule has 0 bridgehead atoms. The Balaban J connectivity index is 2.54. The average Bonchev–Trinajstić information content (AvgIpc) is 2.67. The highest BCUT2D eigenvalue weighted by Gasteiger charge is 2.23. The zero-order valence-electron chi connectivity index (χ0n) is 10.1. The van der Waals surface area contributed by atoms with Crippen LogP contribution < -0.4 is 5.32 Å². The Morgan fingerprint density at radius 2 is 1.80 bits per heavy atom. The molecule has 0 saturated heterocycles. The lowest BCUT2D eigenvalue weighted by Gasteiger charge is -2.31. The third-order valence-corrected chi connectivity index (χ3v) is 3.22. The number of aryl methyl sites for hydroxylation is 1. The Hall–Kier alpha value is -0.900. The topological polar surface area (TPSA) is 51.0 Å². The zero-order chi connectivity index (χ0) is 11.3.